The van der Waals surface area contributed by atoms with E-state index in [-0.39, 0.29) is 11.8 Å². The quantitative estimate of drug-likeness (QED) is 0.453. The Kier molecular flexibility index (Phi) is 8.24. The van der Waals surface area contributed by atoms with Gasteiger partial charge in [0.1, 0.15) is 0 Å². The van der Waals surface area contributed by atoms with E-state index in [1.165, 1.54) is 0 Å². The fourth-order valence-corrected chi connectivity index (χ4v) is 4.92. The molecule has 1 rings (SSSR count). The normalized spacial score (nSPS) is 13.6. The third-order valence-corrected chi connectivity index (χ3v) is 6.38. The van der Waals surface area contributed by atoms with Crippen LogP contribution in [0.1, 0.15) is 44.7 Å². The molecule has 0 N–H and O–H groups in total. The smallest absolute Gasteiger partial charge is 0.212 e. The zero-order valence-electron chi connectivity index (χ0n) is 12.6. The number of halogens is 2. The lowest BCUT2D eigenvalue weighted by Crippen LogP contribution is -2.36. The van der Waals surface area contributed by atoms with Gasteiger partial charge < -0.3 is 0 Å². The molecule has 6 heteroatoms. The number of nitrogens with zero attached hydrogens (tertiary/aromatic N) is 1. The highest BCUT2D eigenvalue weighted by Gasteiger charge is 2.27. The molecule has 0 spiro atoms. The summed E-state index contributed by atoms with van der Waals surface area (Å²) in [4.78, 5) is 0. The van der Waals surface area contributed by atoms with Gasteiger partial charge in [-0.05, 0) is 37.8 Å². The molecule has 0 aromatic heterocycles. The first-order valence-corrected chi connectivity index (χ1v) is 10.2. The highest BCUT2D eigenvalue weighted by molar-refractivity contribution is 9.10. The van der Waals surface area contributed by atoms with Crippen LogP contribution in [0.3, 0.4) is 0 Å². The van der Waals surface area contributed by atoms with E-state index in [2.05, 4.69) is 15.9 Å². The van der Waals surface area contributed by atoms with Gasteiger partial charge in [0, 0.05) is 22.9 Å². The first kappa shape index (κ1) is 18.9. The van der Waals surface area contributed by atoms with Crippen molar-refractivity contribution in [3.63, 3.8) is 0 Å². The monoisotopic (exact) mass is 395 g/mol. The predicted octanol–water partition coefficient (Wildman–Crippen LogP) is 4.57. The molecule has 1 aromatic carbocycles. The molecule has 0 heterocycles. The molecule has 0 aliphatic heterocycles. The van der Waals surface area contributed by atoms with Crippen molar-refractivity contribution in [1.82, 2.24) is 4.31 Å². The molecular weight excluding hydrogens is 374 g/mol. The van der Waals surface area contributed by atoms with E-state index in [9.17, 15) is 8.42 Å². The Labute approximate surface area is 141 Å². The number of benzene rings is 1. The summed E-state index contributed by atoms with van der Waals surface area (Å²) < 4.78 is 27.7. The largest absolute Gasteiger partial charge is 0.214 e. The lowest BCUT2D eigenvalue weighted by atomic mass is 10.1. The van der Waals surface area contributed by atoms with Gasteiger partial charge in [-0.3, -0.25) is 0 Å². The molecule has 21 heavy (non-hydrogen) atoms. The average molecular weight is 397 g/mol. The van der Waals surface area contributed by atoms with Crippen molar-refractivity contribution in [1.29, 1.82) is 0 Å². The molecule has 0 fully saturated rings. The second-order valence-corrected chi connectivity index (χ2v) is 8.29. The summed E-state index contributed by atoms with van der Waals surface area (Å²) in [5.74, 6) is 0.664. The number of rotatable bonds is 9. The zero-order chi connectivity index (χ0) is 15.9. The molecule has 3 nitrogen and oxygen atoms in total. The molecule has 0 aliphatic carbocycles. The molecule has 0 bridgehead atoms. The molecule has 0 aliphatic rings. The topological polar surface area (TPSA) is 37.4 Å². The molecule has 0 saturated heterocycles. The van der Waals surface area contributed by atoms with E-state index < -0.39 is 10.0 Å². The average Bonchev–Trinajstić information content (AvgIpc) is 2.44. The summed E-state index contributed by atoms with van der Waals surface area (Å²) in [6.45, 7) is 4.47. The number of alkyl halides is 1. The van der Waals surface area contributed by atoms with Gasteiger partial charge in [-0.25, -0.2) is 8.42 Å². The van der Waals surface area contributed by atoms with Crippen molar-refractivity contribution < 1.29 is 8.42 Å². The molecule has 0 radical (unpaired) electrons. The first-order chi connectivity index (χ1) is 9.94. The SMILES string of the molecule is CCCN(C(C)c1ccccc1Br)S(=O)(=O)CCCCCl. The maximum atomic E-state index is 12.6. The first-order valence-electron chi connectivity index (χ1n) is 7.24. The lowest BCUT2D eigenvalue weighted by Gasteiger charge is -2.29. The van der Waals surface area contributed by atoms with Crippen LogP contribution in [0.15, 0.2) is 28.7 Å². The third kappa shape index (κ3) is 5.55. The van der Waals surface area contributed by atoms with Crippen LogP contribution in [-0.2, 0) is 10.0 Å². The Hall–Kier alpha value is -0.100. The number of sulfonamides is 1. The van der Waals surface area contributed by atoms with Crippen LogP contribution in [0.25, 0.3) is 0 Å². The van der Waals surface area contributed by atoms with Crippen molar-refractivity contribution in [2.75, 3.05) is 18.2 Å². The van der Waals surface area contributed by atoms with Gasteiger partial charge >= 0.3 is 0 Å². The Balaban J connectivity index is 2.97. The fourth-order valence-electron chi connectivity index (χ4n) is 2.26. The molecule has 1 atom stereocenters. The summed E-state index contributed by atoms with van der Waals surface area (Å²) in [5, 5.41) is 0. The number of hydrogen-bond acceptors (Lipinski definition) is 2. The summed E-state index contributed by atoms with van der Waals surface area (Å²) in [6.07, 6.45) is 2.13. The van der Waals surface area contributed by atoms with E-state index >= 15 is 0 Å². The Bertz CT molecular complexity index is 536. The zero-order valence-corrected chi connectivity index (χ0v) is 15.7. The maximum Gasteiger partial charge on any atom is 0.214 e. The van der Waals surface area contributed by atoms with Crippen LogP contribution in [0, 0.1) is 0 Å². The van der Waals surface area contributed by atoms with E-state index in [0.29, 0.717) is 18.8 Å². The molecule has 0 amide bonds. The van der Waals surface area contributed by atoms with Crippen molar-refractivity contribution in [3.8, 4) is 0 Å². The standard InChI is InChI=1S/C15H23BrClNO2S/c1-3-11-18(21(19,20)12-7-6-10-17)13(2)14-8-4-5-9-15(14)16/h4-5,8-9,13H,3,6-7,10-12H2,1-2H3. The lowest BCUT2D eigenvalue weighted by molar-refractivity contribution is 0.341. The van der Waals surface area contributed by atoms with Crippen molar-refractivity contribution >= 4 is 37.6 Å². The maximum absolute atomic E-state index is 12.6. The highest BCUT2D eigenvalue weighted by Crippen LogP contribution is 2.29. The van der Waals surface area contributed by atoms with Crippen LogP contribution in [0.4, 0.5) is 0 Å². The minimum absolute atomic E-state index is 0.161. The van der Waals surface area contributed by atoms with Gasteiger partial charge in [0.2, 0.25) is 10.0 Å². The minimum Gasteiger partial charge on any atom is -0.212 e. The summed E-state index contributed by atoms with van der Waals surface area (Å²) in [5.41, 5.74) is 0.992. The fraction of sp³-hybridized carbons (Fsp3) is 0.600. The molecular formula is C15H23BrClNO2S. The minimum atomic E-state index is -3.27. The predicted molar refractivity (Wildman–Crippen MR) is 93.3 cm³/mol. The van der Waals surface area contributed by atoms with E-state index in [1.54, 1.807) is 4.31 Å². The summed E-state index contributed by atoms with van der Waals surface area (Å²) in [7, 11) is -3.27. The molecule has 120 valence electrons. The van der Waals surface area contributed by atoms with E-state index in [4.69, 9.17) is 11.6 Å². The van der Waals surface area contributed by atoms with Gasteiger partial charge in [-0.2, -0.15) is 4.31 Å². The Morgan fingerprint density at radius 3 is 2.52 bits per heavy atom. The van der Waals surface area contributed by atoms with Crippen LogP contribution in [0.2, 0.25) is 0 Å². The number of hydrogen-bond donors (Lipinski definition) is 0. The van der Waals surface area contributed by atoms with Crippen LogP contribution in [0.5, 0.6) is 0 Å². The van der Waals surface area contributed by atoms with Gasteiger partial charge in [0.15, 0.2) is 0 Å². The molecule has 1 aromatic rings. The van der Waals surface area contributed by atoms with Crippen molar-refractivity contribution in [2.45, 2.75) is 39.2 Å². The summed E-state index contributed by atoms with van der Waals surface area (Å²) >= 11 is 9.14. The van der Waals surface area contributed by atoms with Crippen LogP contribution < -0.4 is 0 Å². The van der Waals surface area contributed by atoms with Gasteiger partial charge in [0.25, 0.3) is 0 Å². The highest BCUT2D eigenvalue weighted by atomic mass is 79.9. The molecule has 0 saturated carbocycles. The van der Waals surface area contributed by atoms with E-state index in [0.717, 1.165) is 22.9 Å². The number of unbranched alkanes of at least 4 members (excludes halogenated alkanes) is 1. The second-order valence-electron chi connectivity index (χ2n) is 5.02. The summed E-state index contributed by atoms with van der Waals surface area (Å²) in [6, 6.07) is 7.59. The Morgan fingerprint density at radius 2 is 1.95 bits per heavy atom. The van der Waals surface area contributed by atoms with Crippen molar-refractivity contribution in [2.24, 2.45) is 0 Å². The van der Waals surface area contributed by atoms with Gasteiger partial charge in [-0.1, -0.05) is 41.1 Å². The Morgan fingerprint density at radius 1 is 1.29 bits per heavy atom. The van der Waals surface area contributed by atoms with Gasteiger partial charge in [-0.15, -0.1) is 11.6 Å². The van der Waals surface area contributed by atoms with Crippen LogP contribution >= 0.6 is 27.5 Å². The third-order valence-electron chi connectivity index (χ3n) is 3.37. The van der Waals surface area contributed by atoms with Crippen molar-refractivity contribution in [3.05, 3.63) is 34.3 Å². The van der Waals surface area contributed by atoms with Gasteiger partial charge in [0.05, 0.1) is 5.75 Å². The molecule has 1 unspecified atom stereocenters. The van der Waals surface area contributed by atoms with E-state index in [1.807, 2.05) is 38.1 Å². The van der Waals surface area contributed by atoms with Crippen LogP contribution in [-0.4, -0.2) is 30.9 Å². The second kappa shape index (κ2) is 9.13.